The van der Waals surface area contributed by atoms with E-state index in [4.69, 9.17) is 0 Å². The Balaban J connectivity index is 1.48. The van der Waals surface area contributed by atoms with Crippen LogP contribution >= 0.6 is 0 Å². The molecule has 3 unspecified atom stereocenters. The third-order valence-electron chi connectivity index (χ3n) is 4.81. The Morgan fingerprint density at radius 1 is 1.26 bits per heavy atom. The molecular weight excluding hydrogens is 236 g/mol. The van der Waals surface area contributed by atoms with Gasteiger partial charge in [0, 0.05) is 6.42 Å². The third-order valence-corrected chi connectivity index (χ3v) is 4.81. The van der Waals surface area contributed by atoms with Crippen molar-refractivity contribution in [1.82, 2.24) is 5.43 Å². The van der Waals surface area contributed by atoms with Crippen molar-refractivity contribution in [3.63, 3.8) is 0 Å². The molecule has 1 aromatic rings. The molecule has 1 aromatic carbocycles. The molecule has 0 aliphatic heterocycles. The van der Waals surface area contributed by atoms with E-state index < -0.39 is 0 Å². The number of carbonyl (C=O) groups excluding carboxylic acids is 1. The average Bonchev–Trinajstić information content (AvgIpc) is 3.00. The van der Waals surface area contributed by atoms with Crippen LogP contribution < -0.4 is 10.9 Å². The molecule has 0 saturated heterocycles. The molecule has 3 rings (SSSR count). The third kappa shape index (κ3) is 2.75. The van der Waals surface area contributed by atoms with E-state index in [9.17, 15) is 4.79 Å². The van der Waals surface area contributed by atoms with E-state index in [1.807, 2.05) is 31.2 Å². The van der Waals surface area contributed by atoms with Crippen LogP contribution in [-0.4, -0.2) is 5.91 Å². The second kappa shape index (κ2) is 5.24. The van der Waals surface area contributed by atoms with Crippen LogP contribution in [0.2, 0.25) is 0 Å². The summed E-state index contributed by atoms with van der Waals surface area (Å²) in [5.74, 6) is 2.47. The number of hydrazine groups is 1. The number of anilines is 1. The highest BCUT2D eigenvalue weighted by Crippen LogP contribution is 2.49. The van der Waals surface area contributed by atoms with Crippen LogP contribution in [0.5, 0.6) is 0 Å². The van der Waals surface area contributed by atoms with Crippen LogP contribution in [0.1, 0.15) is 37.7 Å². The first kappa shape index (κ1) is 12.5. The van der Waals surface area contributed by atoms with Crippen molar-refractivity contribution in [1.29, 1.82) is 0 Å². The van der Waals surface area contributed by atoms with Gasteiger partial charge in [-0.3, -0.25) is 15.6 Å². The number of nitrogens with one attached hydrogen (secondary N) is 2. The molecule has 2 aliphatic carbocycles. The minimum atomic E-state index is 0.126. The SMILES string of the molecule is Cc1ccccc1NNC(=O)CC1CC2CCC1C2. The van der Waals surface area contributed by atoms with Crippen LogP contribution in [0.25, 0.3) is 0 Å². The predicted molar refractivity (Wildman–Crippen MR) is 76.5 cm³/mol. The van der Waals surface area contributed by atoms with Crippen LogP contribution in [0.3, 0.4) is 0 Å². The number of hydrogen-bond acceptors (Lipinski definition) is 2. The highest BCUT2D eigenvalue weighted by atomic mass is 16.2. The van der Waals surface area contributed by atoms with Crippen molar-refractivity contribution < 1.29 is 4.79 Å². The zero-order valence-corrected chi connectivity index (χ0v) is 11.5. The van der Waals surface area contributed by atoms with E-state index in [2.05, 4.69) is 10.9 Å². The van der Waals surface area contributed by atoms with Crippen molar-refractivity contribution >= 4 is 11.6 Å². The topological polar surface area (TPSA) is 41.1 Å². The minimum Gasteiger partial charge on any atom is -0.298 e. The number of rotatable bonds is 4. The fourth-order valence-corrected chi connectivity index (χ4v) is 3.77. The summed E-state index contributed by atoms with van der Waals surface area (Å²) in [4.78, 5) is 12.0. The maximum Gasteiger partial charge on any atom is 0.238 e. The fourth-order valence-electron chi connectivity index (χ4n) is 3.77. The van der Waals surface area contributed by atoms with Gasteiger partial charge in [-0.15, -0.1) is 0 Å². The number of para-hydroxylation sites is 1. The summed E-state index contributed by atoms with van der Waals surface area (Å²) < 4.78 is 0. The lowest BCUT2D eigenvalue weighted by atomic mass is 9.86. The highest BCUT2D eigenvalue weighted by molar-refractivity contribution is 5.78. The number of fused-ring (bicyclic) bond motifs is 2. The molecule has 3 heteroatoms. The van der Waals surface area contributed by atoms with Gasteiger partial charge < -0.3 is 0 Å². The first-order valence-corrected chi connectivity index (χ1v) is 7.33. The van der Waals surface area contributed by atoms with Crippen LogP contribution in [0.4, 0.5) is 5.69 Å². The largest absolute Gasteiger partial charge is 0.298 e. The van der Waals surface area contributed by atoms with Gasteiger partial charge in [-0.25, -0.2) is 0 Å². The van der Waals surface area contributed by atoms with Crippen LogP contribution in [0.15, 0.2) is 24.3 Å². The molecule has 0 spiro atoms. The van der Waals surface area contributed by atoms with E-state index in [1.54, 1.807) is 0 Å². The normalized spacial score (nSPS) is 28.4. The van der Waals surface area contributed by atoms with Gasteiger partial charge >= 0.3 is 0 Å². The van der Waals surface area contributed by atoms with Crippen molar-refractivity contribution in [2.45, 2.75) is 39.0 Å². The Hall–Kier alpha value is -1.51. The predicted octanol–water partition coefficient (Wildman–Crippen LogP) is 3.26. The first-order valence-electron chi connectivity index (χ1n) is 7.33. The van der Waals surface area contributed by atoms with Gasteiger partial charge in [-0.1, -0.05) is 24.6 Å². The minimum absolute atomic E-state index is 0.126. The molecular formula is C16H22N2O. The van der Waals surface area contributed by atoms with Gasteiger partial charge in [-0.2, -0.15) is 0 Å². The van der Waals surface area contributed by atoms with Crippen molar-refractivity contribution in [2.24, 2.45) is 17.8 Å². The Kier molecular flexibility index (Phi) is 3.45. The highest BCUT2D eigenvalue weighted by Gasteiger charge is 2.40. The number of benzene rings is 1. The average molecular weight is 258 g/mol. The summed E-state index contributed by atoms with van der Waals surface area (Å²) in [5, 5.41) is 0. The zero-order valence-electron chi connectivity index (χ0n) is 11.5. The molecule has 2 saturated carbocycles. The summed E-state index contributed by atoms with van der Waals surface area (Å²) in [6.45, 7) is 2.03. The van der Waals surface area contributed by atoms with E-state index in [1.165, 1.54) is 25.7 Å². The molecule has 1 amide bonds. The lowest BCUT2D eigenvalue weighted by molar-refractivity contribution is -0.121. The second-order valence-corrected chi connectivity index (χ2v) is 6.13. The summed E-state index contributed by atoms with van der Waals surface area (Å²) >= 11 is 0. The first-order chi connectivity index (χ1) is 9.22. The Labute approximate surface area is 114 Å². The smallest absolute Gasteiger partial charge is 0.238 e. The maximum atomic E-state index is 12.0. The number of hydrogen-bond donors (Lipinski definition) is 2. The molecule has 2 fully saturated rings. The standard InChI is InChI=1S/C16H22N2O/c1-11-4-2-3-5-15(11)17-18-16(19)10-14-9-12-6-7-13(14)8-12/h2-5,12-14,17H,6-10H2,1H3,(H,18,19). The van der Waals surface area contributed by atoms with Crippen LogP contribution in [-0.2, 0) is 4.79 Å². The number of amides is 1. The monoisotopic (exact) mass is 258 g/mol. The van der Waals surface area contributed by atoms with Gasteiger partial charge in [0.05, 0.1) is 5.69 Å². The number of carbonyl (C=O) groups is 1. The quantitative estimate of drug-likeness (QED) is 0.814. The van der Waals surface area contributed by atoms with E-state index in [0.717, 1.165) is 23.1 Å². The summed E-state index contributed by atoms with van der Waals surface area (Å²) in [6.07, 6.45) is 6.05. The molecule has 3 nitrogen and oxygen atoms in total. The van der Waals surface area contributed by atoms with Gasteiger partial charge in [0.15, 0.2) is 0 Å². The Morgan fingerprint density at radius 3 is 2.79 bits per heavy atom. The van der Waals surface area contributed by atoms with Gasteiger partial charge in [0.25, 0.3) is 0 Å². The summed E-state index contributed by atoms with van der Waals surface area (Å²) in [5.41, 5.74) is 7.99. The fraction of sp³-hybridized carbons (Fsp3) is 0.562. The van der Waals surface area contributed by atoms with Crippen molar-refractivity contribution in [3.05, 3.63) is 29.8 Å². The molecule has 102 valence electrons. The second-order valence-electron chi connectivity index (χ2n) is 6.13. The van der Waals surface area contributed by atoms with Gasteiger partial charge in [-0.05, 0) is 55.6 Å². The molecule has 0 radical (unpaired) electrons. The van der Waals surface area contributed by atoms with Gasteiger partial charge in [0.2, 0.25) is 5.91 Å². The zero-order chi connectivity index (χ0) is 13.2. The number of aryl methyl sites for hydroxylation is 1. The molecule has 2 N–H and O–H groups in total. The Morgan fingerprint density at radius 2 is 2.11 bits per heavy atom. The van der Waals surface area contributed by atoms with Crippen molar-refractivity contribution in [3.8, 4) is 0 Å². The Bertz CT molecular complexity index is 472. The maximum absolute atomic E-state index is 12.0. The van der Waals surface area contributed by atoms with Crippen molar-refractivity contribution in [2.75, 3.05) is 5.43 Å². The molecule has 2 aliphatic rings. The summed E-state index contributed by atoms with van der Waals surface area (Å²) in [7, 11) is 0. The molecule has 3 atom stereocenters. The molecule has 0 aromatic heterocycles. The van der Waals surface area contributed by atoms with E-state index in [-0.39, 0.29) is 5.91 Å². The lowest BCUT2D eigenvalue weighted by Gasteiger charge is -2.21. The van der Waals surface area contributed by atoms with Gasteiger partial charge in [0.1, 0.15) is 0 Å². The van der Waals surface area contributed by atoms with Crippen LogP contribution in [0, 0.1) is 24.7 Å². The summed E-state index contributed by atoms with van der Waals surface area (Å²) in [6, 6.07) is 7.98. The van der Waals surface area contributed by atoms with E-state index >= 15 is 0 Å². The molecule has 2 bridgehead atoms. The van der Waals surface area contributed by atoms with E-state index in [0.29, 0.717) is 12.3 Å². The molecule has 0 heterocycles. The lowest BCUT2D eigenvalue weighted by Crippen LogP contribution is -2.32. The molecule has 19 heavy (non-hydrogen) atoms.